The molecule has 6 nitrogen and oxygen atoms in total. The molecule has 1 aromatic carbocycles. The summed E-state index contributed by atoms with van der Waals surface area (Å²) in [5.74, 6) is -0.874. The quantitative estimate of drug-likeness (QED) is 0.207. The number of hydrogen-bond acceptors (Lipinski definition) is 6. The van der Waals surface area contributed by atoms with Crippen molar-refractivity contribution in [2.24, 2.45) is 5.16 Å². The zero-order valence-corrected chi connectivity index (χ0v) is 12.3. The standard InChI is InChI=1S/C14H17NO5S/c16-14(17)12-8-4-5-9-13(12)18-10-15-19-20-21-11-6-2-1-3-7-11/h4-5,8-11H,1-3,6-7H2,(H,16,17). The monoisotopic (exact) mass is 311 g/mol. The van der Waals surface area contributed by atoms with E-state index in [9.17, 15) is 4.79 Å². The molecule has 0 aromatic heterocycles. The first-order chi connectivity index (χ1) is 10.3. The van der Waals surface area contributed by atoms with E-state index in [1.165, 1.54) is 43.4 Å². The zero-order chi connectivity index (χ0) is 14.9. The lowest BCUT2D eigenvalue weighted by molar-refractivity contribution is -0.191. The molecule has 1 saturated carbocycles. The highest BCUT2D eigenvalue weighted by molar-refractivity contribution is 7.95. The van der Waals surface area contributed by atoms with Crippen molar-refractivity contribution >= 4 is 24.4 Å². The second-order valence-electron chi connectivity index (χ2n) is 4.63. The summed E-state index contributed by atoms with van der Waals surface area (Å²) in [6, 6.07) is 6.27. The molecule has 0 aliphatic heterocycles. The van der Waals surface area contributed by atoms with Crippen molar-refractivity contribution in [2.75, 3.05) is 0 Å². The molecule has 1 N–H and O–H groups in total. The molecule has 0 atom stereocenters. The number of carboxylic acids is 1. The van der Waals surface area contributed by atoms with Crippen LogP contribution < -0.4 is 4.74 Å². The van der Waals surface area contributed by atoms with Gasteiger partial charge < -0.3 is 9.84 Å². The number of nitrogens with zero attached hydrogens (tertiary/aromatic N) is 1. The summed E-state index contributed by atoms with van der Waals surface area (Å²) in [6.07, 6.45) is 6.98. The third-order valence-corrected chi connectivity index (χ3v) is 4.02. The van der Waals surface area contributed by atoms with Crippen LogP contribution in [0.3, 0.4) is 0 Å². The van der Waals surface area contributed by atoms with E-state index in [2.05, 4.69) is 10.1 Å². The normalized spacial score (nSPS) is 16.0. The molecular weight excluding hydrogens is 294 g/mol. The van der Waals surface area contributed by atoms with Gasteiger partial charge in [-0.15, -0.1) is 0 Å². The number of rotatable bonds is 7. The Bertz CT molecular complexity index is 488. The Kier molecular flexibility index (Phi) is 6.36. The molecule has 1 aromatic rings. The van der Waals surface area contributed by atoms with Crippen molar-refractivity contribution in [1.29, 1.82) is 0 Å². The number of oxime groups is 1. The van der Waals surface area contributed by atoms with Crippen molar-refractivity contribution in [1.82, 2.24) is 0 Å². The number of aromatic carboxylic acids is 1. The molecule has 1 aliphatic carbocycles. The van der Waals surface area contributed by atoms with Gasteiger partial charge in [0.25, 0.3) is 0 Å². The summed E-state index contributed by atoms with van der Waals surface area (Å²) in [6.45, 7) is 0. The molecular formula is C14H17NO5S. The summed E-state index contributed by atoms with van der Waals surface area (Å²) >= 11 is 1.27. The predicted molar refractivity (Wildman–Crippen MR) is 79.2 cm³/mol. The van der Waals surface area contributed by atoms with Gasteiger partial charge in [0.1, 0.15) is 11.3 Å². The van der Waals surface area contributed by atoms with E-state index >= 15 is 0 Å². The van der Waals surface area contributed by atoms with E-state index in [0.29, 0.717) is 5.25 Å². The van der Waals surface area contributed by atoms with Crippen LogP contribution in [-0.4, -0.2) is 22.7 Å². The van der Waals surface area contributed by atoms with Gasteiger partial charge in [-0.2, -0.15) is 0 Å². The van der Waals surface area contributed by atoms with Gasteiger partial charge in [-0.05, 0) is 30.1 Å². The second-order valence-corrected chi connectivity index (χ2v) is 5.62. The maximum absolute atomic E-state index is 10.9. The van der Waals surface area contributed by atoms with Gasteiger partial charge in [0, 0.05) is 5.25 Å². The molecule has 0 heterocycles. The molecule has 0 bridgehead atoms. The molecule has 2 rings (SSSR count). The van der Waals surface area contributed by atoms with E-state index < -0.39 is 5.97 Å². The fourth-order valence-corrected chi connectivity index (χ4v) is 2.80. The minimum atomic E-state index is -1.07. The van der Waals surface area contributed by atoms with E-state index in [4.69, 9.17) is 14.2 Å². The third kappa shape index (κ3) is 5.28. The van der Waals surface area contributed by atoms with Crippen molar-refractivity contribution in [3.63, 3.8) is 0 Å². The van der Waals surface area contributed by atoms with E-state index in [-0.39, 0.29) is 11.3 Å². The highest BCUT2D eigenvalue weighted by atomic mass is 32.2. The molecule has 114 valence electrons. The highest BCUT2D eigenvalue weighted by Crippen LogP contribution is 2.28. The van der Waals surface area contributed by atoms with Crippen molar-refractivity contribution < 1.29 is 24.0 Å². The molecule has 0 amide bonds. The number of ether oxygens (including phenoxy) is 1. The average Bonchev–Trinajstić information content (AvgIpc) is 2.52. The first-order valence-corrected chi connectivity index (χ1v) is 7.58. The van der Waals surface area contributed by atoms with Crippen LogP contribution in [0.15, 0.2) is 29.4 Å². The van der Waals surface area contributed by atoms with Crippen LogP contribution in [0.1, 0.15) is 42.5 Å². The smallest absolute Gasteiger partial charge is 0.339 e. The van der Waals surface area contributed by atoms with E-state index in [1.807, 2.05) is 0 Å². The minimum Gasteiger partial charge on any atom is -0.478 e. The second kappa shape index (κ2) is 8.53. The summed E-state index contributed by atoms with van der Waals surface area (Å²) in [5, 5.41) is 12.9. The minimum absolute atomic E-state index is 0.0569. The average molecular weight is 311 g/mol. The molecule has 0 radical (unpaired) electrons. The SMILES string of the molecule is O=C(O)c1ccccc1OC=NOOSC1CCCCC1. The summed E-state index contributed by atoms with van der Waals surface area (Å²) < 4.78 is 10.0. The molecule has 1 aliphatic rings. The highest BCUT2D eigenvalue weighted by Gasteiger charge is 2.15. The Morgan fingerprint density at radius 1 is 1.29 bits per heavy atom. The van der Waals surface area contributed by atoms with Gasteiger partial charge in [-0.3, -0.25) is 0 Å². The van der Waals surface area contributed by atoms with Crippen molar-refractivity contribution in [3.8, 4) is 5.75 Å². The fourth-order valence-electron chi connectivity index (χ4n) is 2.09. The topological polar surface area (TPSA) is 77.4 Å². The van der Waals surface area contributed by atoms with E-state index in [0.717, 1.165) is 19.2 Å². The van der Waals surface area contributed by atoms with Gasteiger partial charge in [0.15, 0.2) is 0 Å². The molecule has 0 unspecified atom stereocenters. The lowest BCUT2D eigenvalue weighted by atomic mass is 10.0. The Hall–Kier alpha value is -1.73. The fraction of sp³-hybridized carbons (Fsp3) is 0.429. The number of para-hydroxylation sites is 1. The maximum Gasteiger partial charge on any atom is 0.339 e. The van der Waals surface area contributed by atoms with Crippen LogP contribution in [0.25, 0.3) is 0 Å². The van der Waals surface area contributed by atoms with Gasteiger partial charge >= 0.3 is 5.97 Å². The maximum atomic E-state index is 10.9. The number of hydrogen-bond donors (Lipinski definition) is 1. The Morgan fingerprint density at radius 3 is 2.81 bits per heavy atom. The summed E-state index contributed by atoms with van der Waals surface area (Å²) in [5.41, 5.74) is 0.0569. The number of benzene rings is 1. The summed E-state index contributed by atoms with van der Waals surface area (Å²) in [7, 11) is 0. The van der Waals surface area contributed by atoms with Crippen molar-refractivity contribution in [3.05, 3.63) is 29.8 Å². The van der Waals surface area contributed by atoms with Crippen LogP contribution in [-0.2, 0) is 9.32 Å². The van der Waals surface area contributed by atoms with Crippen LogP contribution in [0, 0.1) is 0 Å². The van der Waals surface area contributed by atoms with Crippen LogP contribution in [0.4, 0.5) is 0 Å². The number of carboxylic acid groups (broad SMARTS) is 1. The van der Waals surface area contributed by atoms with Crippen LogP contribution >= 0.6 is 12.0 Å². The van der Waals surface area contributed by atoms with Crippen molar-refractivity contribution in [2.45, 2.75) is 37.4 Å². The predicted octanol–water partition coefficient (Wildman–Crippen LogP) is 3.64. The van der Waals surface area contributed by atoms with Gasteiger partial charge in [-0.1, -0.05) is 35.7 Å². The van der Waals surface area contributed by atoms with Crippen LogP contribution in [0.2, 0.25) is 0 Å². The molecule has 0 saturated heterocycles. The number of carbonyl (C=O) groups is 1. The van der Waals surface area contributed by atoms with Gasteiger partial charge in [0.05, 0.1) is 12.0 Å². The molecule has 0 spiro atoms. The summed E-state index contributed by atoms with van der Waals surface area (Å²) in [4.78, 5) is 15.6. The third-order valence-electron chi connectivity index (χ3n) is 3.14. The van der Waals surface area contributed by atoms with Gasteiger partial charge in [0.2, 0.25) is 6.40 Å². The van der Waals surface area contributed by atoms with Gasteiger partial charge in [-0.25, -0.2) is 9.78 Å². The van der Waals surface area contributed by atoms with E-state index in [1.54, 1.807) is 12.1 Å². The lowest BCUT2D eigenvalue weighted by Crippen LogP contribution is -2.08. The lowest BCUT2D eigenvalue weighted by Gasteiger charge is -2.18. The molecule has 7 heteroatoms. The van der Waals surface area contributed by atoms with Crippen LogP contribution in [0.5, 0.6) is 5.75 Å². The Labute approximate surface area is 127 Å². The Balaban J connectivity index is 1.69. The first-order valence-electron chi connectivity index (χ1n) is 6.77. The molecule has 21 heavy (non-hydrogen) atoms. The first kappa shape index (κ1) is 15.7. The Morgan fingerprint density at radius 2 is 2.05 bits per heavy atom. The largest absolute Gasteiger partial charge is 0.478 e. The zero-order valence-electron chi connectivity index (χ0n) is 11.4. The molecule has 1 fully saturated rings.